The molecule has 3 aromatic rings. The van der Waals surface area contributed by atoms with Gasteiger partial charge in [-0.25, -0.2) is 9.79 Å². The Kier molecular flexibility index (Phi) is 8.53. The summed E-state index contributed by atoms with van der Waals surface area (Å²) in [5, 5.41) is 0. The summed E-state index contributed by atoms with van der Waals surface area (Å²) in [7, 11) is 3.09. The Balaban J connectivity index is 1.93. The number of rotatable bonds is 9. The van der Waals surface area contributed by atoms with Crippen molar-refractivity contribution in [2.75, 3.05) is 27.4 Å². The second-order valence-corrected chi connectivity index (χ2v) is 10.1. The van der Waals surface area contributed by atoms with Crippen LogP contribution in [-0.4, -0.2) is 38.0 Å². The fraction of sp³-hybridized carbons (Fsp3) is 0.250. The molecule has 0 saturated carbocycles. The van der Waals surface area contributed by atoms with Crippen LogP contribution in [0.25, 0.3) is 6.08 Å². The average molecular weight is 600 g/mol. The topological polar surface area (TPSA) is 88.3 Å². The average Bonchev–Trinajstić information content (AvgIpc) is 3.21. The molecule has 0 saturated heterocycles. The lowest BCUT2D eigenvalue weighted by Crippen LogP contribution is -2.40. The lowest BCUT2D eigenvalue weighted by Gasteiger charge is -2.26. The van der Waals surface area contributed by atoms with Gasteiger partial charge >= 0.3 is 5.97 Å². The van der Waals surface area contributed by atoms with Crippen molar-refractivity contribution in [2.45, 2.75) is 19.9 Å². The molecule has 1 aliphatic heterocycles. The molecule has 0 amide bonds. The number of hydrogen-bond donors (Lipinski definition) is 0. The molecule has 198 valence electrons. The molecule has 1 atom stereocenters. The largest absolute Gasteiger partial charge is 0.497 e. The molecule has 2 heterocycles. The quantitative estimate of drug-likeness (QED) is 0.272. The molecule has 1 aromatic heterocycles. The number of hydrogen-bond acceptors (Lipinski definition) is 8. The van der Waals surface area contributed by atoms with Crippen LogP contribution >= 0.6 is 27.3 Å². The summed E-state index contributed by atoms with van der Waals surface area (Å²) in [5.41, 5.74) is 1.83. The van der Waals surface area contributed by atoms with Gasteiger partial charge in [0.05, 0.1) is 41.1 Å². The smallest absolute Gasteiger partial charge is 0.338 e. The second-order valence-electron chi connectivity index (χ2n) is 8.20. The third-order valence-electron chi connectivity index (χ3n) is 5.86. The highest BCUT2D eigenvalue weighted by molar-refractivity contribution is 9.10. The Morgan fingerprint density at radius 1 is 1.18 bits per heavy atom. The first-order valence-corrected chi connectivity index (χ1v) is 13.4. The molecule has 8 nitrogen and oxygen atoms in total. The first-order valence-electron chi connectivity index (χ1n) is 11.8. The zero-order valence-electron chi connectivity index (χ0n) is 21.4. The van der Waals surface area contributed by atoms with Crippen LogP contribution < -0.4 is 29.1 Å². The van der Waals surface area contributed by atoms with Gasteiger partial charge in [-0.2, -0.15) is 0 Å². The fourth-order valence-electron chi connectivity index (χ4n) is 4.16. The minimum Gasteiger partial charge on any atom is -0.497 e. The monoisotopic (exact) mass is 598 g/mol. The molecule has 0 bridgehead atoms. The molecule has 4 rings (SSSR count). The lowest BCUT2D eigenvalue weighted by molar-refractivity contribution is -0.139. The van der Waals surface area contributed by atoms with Crippen LogP contribution in [0, 0.1) is 0 Å². The predicted octanol–water partition coefficient (Wildman–Crippen LogP) is 4.14. The minimum absolute atomic E-state index is 0.184. The number of halogens is 1. The number of methoxy groups -OCH3 is 2. The standard InChI is InChI=1S/C28H27BrN2O6S/c1-6-12-37-22-10-8-17(13-20(22)29)14-23-26(32)31-25(19-15-18(34-4)9-11-21(19)35-5)24(27(33)36-7-2)16(3)30-28(31)38-23/h6,8-11,13-15,25H,1,7,12H2,2-5H3/b23-14+/t25-/m1/s1. The third kappa shape index (κ3) is 5.32. The molecule has 0 radical (unpaired) electrons. The predicted molar refractivity (Wildman–Crippen MR) is 150 cm³/mol. The van der Waals surface area contributed by atoms with Gasteiger partial charge in [-0.3, -0.25) is 9.36 Å². The second kappa shape index (κ2) is 11.8. The van der Waals surface area contributed by atoms with Gasteiger partial charge in [0.2, 0.25) is 0 Å². The van der Waals surface area contributed by atoms with Crippen molar-refractivity contribution in [3.8, 4) is 17.2 Å². The SMILES string of the molecule is C=CCOc1ccc(/C=c2/sc3n(c2=O)[C@H](c2cc(OC)ccc2OC)C(C(=O)OCC)=C(C)N=3)cc1Br. The normalized spacial score (nSPS) is 15.0. The molecule has 10 heteroatoms. The maximum absolute atomic E-state index is 13.9. The number of benzene rings is 2. The molecule has 2 aromatic carbocycles. The van der Waals surface area contributed by atoms with E-state index < -0.39 is 12.0 Å². The number of allylic oxidation sites excluding steroid dienone is 1. The zero-order chi connectivity index (χ0) is 27.4. The van der Waals surface area contributed by atoms with Crippen LogP contribution in [0.2, 0.25) is 0 Å². The molecule has 38 heavy (non-hydrogen) atoms. The number of esters is 1. The van der Waals surface area contributed by atoms with E-state index in [0.29, 0.717) is 44.4 Å². The summed E-state index contributed by atoms with van der Waals surface area (Å²) >= 11 is 4.76. The fourth-order valence-corrected chi connectivity index (χ4v) is 5.72. The summed E-state index contributed by atoms with van der Waals surface area (Å²) < 4.78 is 24.8. The van der Waals surface area contributed by atoms with E-state index in [9.17, 15) is 9.59 Å². The zero-order valence-corrected chi connectivity index (χ0v) is 23.9. The first-order chi connectivity index (χ1) is 18.3. The van der Waals surface area contributed by atoms with Gasteiger partial charge in [0, 0.05) is 5.56 Å². The van der Waals surface area contributed by atoms with Crippen molar-refractivity contribution in [1.29, 1.82) is 0 Å². The van der Waals surface area contributed by atoms with Crippen LogP contribution in [-0.2, 0) is 9.53 Å². The number of aromatic nitrogens is 1. The Morgan fingerprint density at radius 3 is 2.61 bits per heavy atom. The van der Waals surface area contributed by atoms with Gasteiger partial charge < -0.3 is 18.9 Å². The van der Waals surface area contributed by atoms with Gasteiger partial charge in [0.1, 0.15) is 29.9 Å². The van der Waals surface area contributed by atoms with Crippen LogP contribution in [0.5, 0.6) is 17.2 Å². The van der Waals surface area contributed by atoms with Gasteiger partial charge in [-0.15, -0.1) is 0 Å². The van der Waals surface area contributed by atoms with Crippen molar-refractivity contribution in [3.05, 3.63) is 95.6 Å². The molecular formula is C28H27BrN2O6S. The molecule has 0 N–H and O–H groups in total. The van der Waals surface area contributed by atoms with Crippen molar-refractivity contribution in [2.24, 2.45) is 4.99 Å². The van der Waals surface area contributed by atoms with Crippen LogP contribution in [0.4, 0.5) is 0 Å². The Labute approximate surface area is 232 Å². The van der Waals surface area contributed by atoms with E-state index in [1.165, 1.54) is 23.0 Å². The van der Waals surface area contributed by atoms with E-state index in [2.05, 4.69) is 27.5 Å². The van der Waals surface area contributed by atoms with Gasteiger partial charge in [-0.05, 0) is 71.7 Å². The van der Waals surface area contributed by atoms with Gasteiger partial charge in [0.25, 0.3) is 5.56 Å². The van der Waals surface area contributed by atoms with Crippen LogP contribution in [0.3, 0.4) is 0 Å². The molecular weight excluding hydrogens is 572 g/mol. The molecule has 0 unspecified atom stereocenters. The highest BCUT2D eigenvalue weighted by Gasteiger charge is 2.35. The highest BCUT2D eigenvalue weighted by Crippen LogP contribution is 2.37. The Hall–Kier alpha value is -3.63. The van der Waals surface area contributed by atoms with Crippen molar-refractivity contribution >= 4 is 39.3 Å². The maximum atomic E-state index is 13.9. The number of thiazole rings is 1. The third-order valence-corrected chi connectivity index (χ3v) is 7.46. The van der Waals surface area contributed by atoms with Crippen molar-refractivity contribution in [1.82, 2.24) is 4.57 Å². The minimum atomic E-state index is -0.820. The highest BCUT2D eigenvalue weighted by atomic mass is 79.9. The van der Waals surface area contributed by atoms with Gasteiger partial charge in [-0.1, -0.05) is 30.1 Å². The molecule has 1 aliphatic rings. The molecule has 0 spiro atoms. The summed E-state index contributed by atoms with van der Waals surface area (Å²) in [5.74, 6) is 1.19. The van der Waals surface area contributed by atoms with E-state index >= 15 is 0 Å². The summed E-state index contributed by atoms with van der Waals surface area (Å²) in [6.45, 7) is 7.70. The van der Waals surface area contributed by atoms with Crippen LogP contribution in [0.1, 0.15) is 31.0 Å². The van der Waals surface area contributed by atoms with Gasteiger partial charge in [0.15, 0.2) is 4.80 Å². The Bertz CT molecular complexity index is 1600. The summed E-state index contributed by atoms with van der Waals surface area (Å²) in [6, 6.07) is 10.00. The first kappa shape index (κ1) is 27.4. The number of nitrogens with zero attached hydrogens (tertiary/aromatic N) is 2. The number of ether oxygens (including phenoxy) is 4. The summed E-state index contributed by atoms with van der Waals surface area (Å²) in [4.78, 5) is 32.1. The van der Waals surface area contributed by atoms with Crippen molar-refractivity contribution in [3.63, 3.8) is 0 Å². The Morgan fingerprint density at radius 2 is 1.95 bits per heavy atom. The summed E-state index contributed by atoms with van der Waals surface area (Å²) in [6.07, 6.45) is 3.45. The number of carbonyl (C=O) groups excluding carboxylic acids is 1. The maximum Gasteiger partial charge on any atom is 0.338 e. The molecule has 0 aliphatic carbocycles. The van der Waals surface area contributed by atoms with E-state index in [1.807, 2.05) is 18.2 Å². The lowest BCUT2D eigenvalue weighted by atomic mass is 9.94. The van der Waals surface area contributed by atoms with E-state index in [0.717, 1.165) is 10.0 Å². The van der Waals surface area contributed by atoms with E-state index in [-0.39, 0.29) is 17.7 Å². The van der Waals surface area contributed by atoms with Crippen LogP contribution in [0.15, 0.2) is 74.6 Å². The number of fused-ring (bicyclic) bond motifs is 1. The molecule has 0 fully saturated rings. The van der Waals surface area contributed by atoms with E-state index in [4.69, 9.17) is 18.9 Å². The van der Waals surface area contributed by atoms with E-state index in [1.54, 1.807) is 51.3 Å². The number of carbonyl (C=O) groups is 1. The van der Waals surface area contributed by atoms with Crippen molar-refractivity contribution < 1.29 is 23.7 Å².